The summed E-state index contributed by atoms with van der Waals surface area (Å²) in [5.74, 6) is 0.674. The highest BCUT2D eigenvalue weighted by atomic mass is 16.3. The van der Waals surface area contributed by atoms with Crippen LogP contribution < -0.4 is 5.56 Å². The number of carbonyl (C=O) groups excluding carboxylic acids is 1. The number of pyridine rings is 1. The zero-order valence-electron chi connectivity index (χ0n) is 21.0. The first kappa shape index (κ1) is 23.6. The lowest BCUT2D eigenvalue weighted by molar-refractivity contribution is -0.140. The van der Waals surface area contributed by atoms with Crippen molar-refractivity contribution in [2.75, 3.05) is 46.4 Å². The van der Waals surface area contributed by atoms with E-state index in [-0.39, 0.29) is 42.0 Å². The molecule has 3 aliphatic heterocycles. The number of aliphatic hydroxyl groups excluding tert-OH is 1. The van der Waals surface area contributed by atoms with Crippen molar-refractivity contribution in [2.24, 2.45) is 17.8 Å². The fraction of sp³-hybridized carbons (Fsp3) is 0.517. The molecule has 7 nitrogen and oxygen atoms in total. The van der Waals surface area contributed by atoms with Crippen molar-refractivity contribution >= 4 is 18.1 Å². The van der Waals surface area contributed by atoms with E-state index in [0.717, 1.165) is 44.0 Å². The summed E-state index contributed by atoms with van der Waals surface area (Å²) in [6.45, 7) is 4.64. The first-order valence-electron chi connectivity index (χ1n) is 13.4. The highest BCUT2D eigenvalue weighted by Gasteiger charge is 2.56. The van der Waals surface area contributed by atoms with Gasteiger partial charge in [0.15, 0.2) is 0 Å². The van der Waals surface area contributed by atoms with Crippen LogP contribution >= 0.6 is 0 Å². The van der Waals surface area contributed by atoms with Gasteiger partial charge >= 0.3 is 0 Å². The first-order chi connectivity index (χ1) is 17.5. The van der Waals surface area contributed by atoms with Crippen LogP contribution in [-0.4, -0.2) is 82.7 Å². The number of rotatable bonds is 6. The molecular formula is C29H36N4O3. The predicted octanol–water partition coefficient (Wildman–Crippen LogP) is 2.17. The minimum Gasteiger partial charge on any atom is -0.396 e. The van der Waals surface area contributed by atoms with Crippen LogP contribution in [0.1, 0.15) is 35.7 Å². The molecule has 1 N–H and O–H groups in total. The Bertz CT molecular complexity index is 1200. The highest BCUT2D eigenvalue weighted by molar-refractivity contribution is 5.83. The van der Waals surface area contributed by atoms with Crippen LogP contribution in [0.3, 0.4) is 0 Å². The van der Waals surface area contributed by atoms with Gasteiger partial charge in [-0.05, 0) is 49.6 Å². The number of fused-ring (bicyclic) bond motifs is 3. The van der Waals surface area contributed by atoms with Crippen molar-refractivity contribution in [3.8, 4) is 0 Å². The third-order valence-corrected chi connectivity index (χ3v) is 8.71. The second-order valence-electron chi connectivity index (χ2n) is 11.0. The SMILES string of the molecule is CN1CCN(C(=O)[C@@H]2[C@@H](CO)[C@@H]3Cn4c(ccc(C=Cc5ccccc5)c4=O)[C@@H]3N2CC2CC2)CC1. The summed E-state index contributed by atoms with van der Waals surface area (Å²) in [6.07, 6.45) is 6.26. The smallest absolute Gasteiger partial charge is 0.258 e. The van der Waals surface area contributed by atoms with E-state index in [1.165, 1.54) is 12.8 Å². The Morgan fingerprint density at radius 1 is 1.03 bits per heavy atom. The van der Waals surface area contributed by atoms with Crippen LogP contribution in [0.2, 0.25) is 0 Å². The number of benzene rings is 1. The van der Waals surface area contributed by atoms with Crippen molar-refractivity contribution in [2.45, 2.75) is 31.5 Å². The van der Waals surface area contributed by atoms with Gasteiger partial charge in [0.25, 0.3) is 5.56 Å². The van der Waals surface area contributed by atoms with Crippen LogP contribution in [-0.2, 0) is 11.3 Å². The topological polar surface area (TPSA) is 69.0 Å². The molecule has 0 unspecified atom stereocenters. The van der Waals surface area contributed by atoms with E-state index in [4.69, 9.17) is 0 Å². The molecule has 1 aromatic carbocycles. The van der Waals surface area contributed by atoms with E-state index in [0.29, 0.717) is 18.0 Å². The van der Waals surface area contributed by atoms with Crippen LogP contribution in [0.25, 0.3) is 12.2 Å². The number of hydrogen-bond donors (Lipinski definition) is 1. The average molecular weight is 489 g/mol. The lowest BCUT2D eigenvalue weighted by Crippen LogP contribution is -2.55. The Hall–Kier alpha value is -2.74. The molecule has 1 aliphatic carbocycles. The minimum atomic E-state index is -0.310. The molecule has 4 aliphatic rings. The molecule has 7 heteroatoms. The average Bonchev–Trinajstić information content (AvgIpc) is 3.56. The Morgan fingerprint density at radius 3 is 2.47 bits per heavy atom. The molecule has 0 spiro atoms. The Morgan fingerprint density at radius 2 is 1.78 bits per heavy atom. The second kappa shape index (κ2) is 9.61. The number of nitrogens with zero attached hydrogens (tertiary/aromatic N) is 4. The normalized spacial score (nSPS) is 28.6. The summed E-state index contributed by atoms with van der Waals surface area (Å²) in [4.78, 5) is 34.0. The third-order valence-electron chi connectivity index (χ3n) is 8.71. The maximum atomic E-state index is 13.8. The molecule has 1 amide bonds. The number of aliphatic hydroxyl groups is 1. The monoisotopic (exact) mass is 488 g/mol. The summed E-state index contributed by atoms with van der Waals surface area (Å²) >= 11 is 0. The van der Waals surface area contributed by atoms with Crippen LogP contribution in [0.5, 0.6) is 0 Å². The van der Waals surface area contributed by atoms with Crippen molar-refractivity contribution in [3.05, 3.63) is 69.6 Å². The molecule has 3 fully saturated rings. The zero-order valence-corrected chi connectivity index (χ0v) is 21.0. The van der Waals surface area contributed by atoms with Gasteiger partial charge in [-0.2, -0.15) is 0 Å². The molecular weight excluding hydrogens is 452 g/mol. The Labute approximate surface area is 212 Å². The number of likely N-dealkylation sites (N-methyl/N-ethyl adjacent to an activating group) is 1. The molecule has 1 saturated carbocycles. The minimum absolute atomic E-state index is 0.00372. The molecule has 0 bridgehead atoms. The molecule has 190 valence electrons. The largest absolute Gasteiger partial charge is 0.396 e. The third kappa shape index (κ3) is 4.23. The number of amides is 1. The number of likely N-dealkylation sites (tertiary alicyclic amines) is 1. The summed E-state index contributed by atoms with van der Waals surface area (Å²) in [5, 5.41) is 10.5. The molecule has 4 heterocycles. The maximum absolute atomic E-state index is 13.8. The fourth-order valence-corrected chi connectivity index (χ4v) is 6.50. The van der Waals surface area contributed by atoms with E-state index in [9.17, 15) is 14.7 Å². The van der Waals surface area contributed by atoms with Crippen LogP contribution in [0.15, 0.2) is 47.3 Å². The quantitative estimate of drug-likeness (QED) is 0.675. The highest BCUT2D eigenvalue weighted by Crippen LogP contribution is 2.51. The van der Waals surface area contributed by atoms with E-state index < -0.39 is 0 Å². The number of carbonyl (C=O) groups is 1. The second-order valence-corrected chi connectivity index (χ2v) is 11.0. The molecule has 2 saturated heterocycles. The summed E-state index contributed by atoms with van der Waals surface area (Å²) in [7, 11) is 2.09. The van der Waals surface area contributed by atoms with Gasteiger partial charge in [0.1, 0.15) is 0 Å². The number of hydrogen-bond acceptors (Lipinski definition) is 5. The zero-order chi connectivity index (χ0) is 24.8. The van der Waals surface area contributed by atoms with Gasteiger partial charge in [0, 0.05) is 69.0 Å². The van der Waals surface area contributed by atoms with E-state index in [1.54, 1.807) is 0 Å². The number of aromatic nitrogens is 1. The standard InChI is InChI=1S/C29H36N4O3/c1-30-13-15-31(16-14-30)29(36)27-24(19-34)23-18-32-25(26(23)33(27)17-21-7-8-21)12-11-22(28(32)35)10-9-20-5-3-2-4-6-20/h2-6,9-12,21,23-24,26-27,34H,7-8,13-19H2,1H3/t23-,24-,26+,27-/m0/s1. The molecule has 0 radical (unpaired) electrons. The first-order valence-corrected chi connectivity index (χ1v) is 13.4. The lowest BCUT2D eigenvalue weighted by Gasteiger charge is -2.38. The molecule has 2 aromatic rings. The summed E-state index contributed by atoms with van der Waals surface area (Å²) < 4.78 is 1.90. The van der Waals surface area contributed by atoms with Crippen LogP contribution in [0, 0.1) is 17.8 Å². The molecule has 36 heavy (non-hydrogen) atoms. The Kier molecular flexibility index (Phi) is 6.32. The number of piperazine rings is 1. The molecule has 1 aromatic heterocycles. The summed E-state index contributed by atoms with van der Waals surface area (Å²) in [5.41, 5.74) is 2.73. The van der Waals surface area contributed by atoms with E-state index >= 15 is 0 Å². The van der Waals surface area contributed by atoms with Gasteiger partial charge in [-0.1, -0.05) is 36.4 Å². The van der Waals surface area contributed by atoms with Gasteiger partial charge in [0.2, 0.25) is 5.91 Å². The molecule has 4 atom stereocenters. The van der Waals surface area contributed by atoms with Crippen molar-refractivity contribution < 1.29 is 9.90 Å². The predicted molar refractivity (Wildman–Crippen MR) is 140 cm³/mol. The summed E-state index contributed by atoms with van der Waals surface area (Å²) in [6, 6.07) is 13.7. The van der Waals surface area contributed by atoms with Crippen molar-refractivity contribution in [3.63, 3.8) is 0 Å². The van der Waals surface area contributed by atoms with Gasteiger partial charge < -0.3 is 19.5 Å². The van der Waals surface area contributed by atoms with Gasteiger partial charge in [-0.25, -0.2) is 0 Å². The Balaban J connectivity index is 1.32. The van der Waals surface area contributed by atoms with Crippen molar-refractivity contribution in [1.29, 1.82) is 0 Å². The van der Waals surface area contributed by atoms with Gasteiger partial charge in [-0.15, -0.1) is 0 Å². The van der Waals surface area contributed by atoms with Gasteiger partial charge in [0.05, 0.1) is 12.1 Å². The maximum Gasteiger partial charge on any atom is 0.258 e. The van der Waals surface area contributed by atoms with Crippen LogP contribution in [0.4, 0.5) is 0 Å². The fourth-order valence-electron chi connectivity index (χ4n) is 6.50. The van der Waals surface area contributed by atoms with E-state index in [1.807, 2.05) is 58.0 Å². The lowest BCUT2D eigenvalue weighted by atomic mass is 9.88. The molecule has 6 rings (SSSR count). The van der Waals surface area contributed by atoms with E-state index in [2.05, 4.69) is 22.9 Å². The van der Waals surface area contributed by atoms with Crippen molar-refractivity contribution in [1.82, 2.24) is 19.3 Å². The van der Waals surface area contributed by atoms with Gasteiger partial charge in [-0.3, -0.25) is 14.5 Å².